The van der Waals surface area contributed by atoms with Gasteiger partial charge in [0.15, 0.2) is 9.84 Å². The Morgan fingerprint density at radius 2 is 1.63 bits per heavy atom. The summed E-state index contributed by atoms with van der Waals surface area (Å²) in [6.07, 6.45) is 1.62. The largest absolute Gasteiger partial charge is 0.480 e. The van der Waals surface area contributed by atoms with E-state index in [1.54, 1.807) is 48.5 Å². The van der Waals surface area contributed by atoms with Crippen LogP contribution in [-0.4, -0.2) is 42.9 Å². The van der Waals surface area contributed by atoms with Crippen molar-refractivity contribution in [3.63, 3.8) is 0 Å². The van der Waals surface area contributed by atoms with Crippen molar-refractivity contribution in [3.8, 4) is 0 Å². The van der Waals surface area contributed by atoms with E-state index < -0.39 is 15.8 Å². The highest BCUT2D eigenvalue weighted by Crippen LogP contribution is 2.28. The molecule has 6 nitrogen and oxygen atoms in total. The second-order valence-corrected chi connectivity index (χ2v) is 8.82. The summed E-state index contributed by atoms with van der Waals surface area (Å²) < 4.78 is 25.0. The molecule has 1 fully saturated rings. The van der Waals surface area contributed by atoms with Gasteiger partial charge in [-0.3, -0.25) is 9.59 Å². The first-order valence-corrected chi connectivity index (χ1v) is 10.3. The molecule has 0 atom stereocenters. The number of carbonyl (C=O) groups is 2. The van der Waals surface area contributed by atoms with Crippen molar-refractivity contribution < 1.29 is 23.1 Å². The van der Waals surface area contributed by atoms with Gasteiger partial charge < -0.3 is 10.0 Å². The molecule has 1 aliphatic carbocycles. The van der Waals surface area contributed by atoms with Gasteiger partial charge in [-0.05, 0) is 49.6 Å². The van der Waals surface area contributed by atoms with Crippen LogP contribution in [-0.2, 0) is 20.4 Å². The number of hydrogen-bond acceptors (Lipinski definition) is 4. The lowest BCUT2D eigenvalue weighted by Gasteiger charge is -2.20. The Kier molecular flexibility index (Phi) is 5.32. The summed E-state index contributed by atoms with van der Waals surface area (Å²) in [4.78, 5) is 25.2. The van der Waals surface area contributed by atoms with Gasteiger partial charge in [0, 0.05) is 11.6 Å². The summed E-state index contributed by atoms with van der Waals surface area (Å²) in [6, 6.07) is 13.0. The molecule has 1 amide bonds. The van der Waals surface area contributed by atoms with Gasteiger partial charge in [-0.1, -0.05) is 29.8 Å². The highest BCUT2D eigenvalue weighted by Gasteiger charge is 2.34. The molecule has 1 saturated carbocycles. The molecule has 0 saturated heterocycles. The highest BCUT2D eigenvalue weighted by atomic mass is 32.2. The lowest BCUT2D eigenvalue weighted by molar-refractivity contribution is -0.137. The number of sulfone groups is 1. The molecule has 0 heterocycles. The van der Waals surface area contributed by atoms with E-state index in [1.807, 2.05) is 6.92 Å². The third-order valence-electron chi connectivity index (χ3n) is 4.49. The van der Waals surface area contributed by atoms with E-state index in [0.717, 1.165) is 18.4 Å². The third kappa shape index (κ3) is 4.74. The van der Waals surface area contributed by atoms with Crippen molar-refractivity contribution in [3.05, 3.63) is 65.2 Å². The smallest absolute Gasteiger partial charge is 0.323 e. The zero-order valence-corrected chi connectivity index (χ0v) is 15.8. The maximum absolute atomic E-state index is 12.6. The van der Waals surface area contributed by atoms with Crippen LogP contribution in [0.4, 0.5) is 0 Å². The molecule has 27 heavy (non-hydrogen) atoms. The van der Waals surface area contributed by atoms with Gasteiger partial charge in [0.2, 0.25) is 0 Å². The zero-order chi connectivity index (χ0) is 19.6. The molecule has 0 spiro atoms. The van der Waals surface area contributed by atoms with Crippen LogP contribution in [0.15, 0.2) is 53.4 Å². The molecular formula is C20H21NO5S. The lowest BCUT2D eigenvalue weighted by atomic mass is 10.1. The zero-order valence-electron chi connectivity index (χ0n) is 15.0. The molecule has 1 aliphatic rings. The summed E-state index contributed by atoms with van der Waals surface area (Å²) >= 11 is 0. The average Bonchev–Trinajstić information content (AvgIpc) is 3.44. The van der Waals surface area contributed by atoms with E-state index in [0.29, 0.717) is 11.1 Å². The van der Waals surface area contributed by atoms with E-state index in [-0.39, 0.29) is 29.1 Å². The summed E-state index contributed by atoms with van der Waals surface area (Å²) in [6.45, 7) is 1.56. The second kappa shape index (κ2) is 7.52. The van der Waals surface area contributed by atoms with Crippen molar-refractivity contribution in [2.75, 3.05) is 6.54 Å². The Hall–Kier alpha value is -2.67. The summed E-state index contributed by atoms with van der Waals surface area (Å²) in [5, 5.41) is 8.99. The number of amides is 1. The van der Waals surface area contributed by atoms with E-state index in [2.05, 4.69) is 0 Å². The highest BCUT2D eigenvalue weighted by molar-refractivity contribution is 7.90. The van der Waals surface area contributed by atoms with Crippen LogP contribution in [0, 0.1) is 6.92 Å². The molecule has 0 aliphatic heterocycles. The average molecular weight is 387 g/mol. The van der Waals surface area contributed by atoms with Crippen LogP contribution in [0.5, 0.6) is 0 Å². The molecule has 7 heteroatoms. The van der Waals surface area contributed by atoms with Crippen molar-refractivity contribution in [1.82, 2.24) is 4.90 Å². The first-order chi connectivity index (χ1) is 12.8. The summed E-state index contributed by atoms with van der Waals surface area (Å²) in [5.41, 5.74) is 1.92. The molecular weight excluding hydrogens is 366 g/mol. The maximum Gasteiger partial charge on any atom is 0.323 e. The molecule has 2 aromatic rings. The topological polar surface area (TPSA) is 91.8 Å². The van der Waals surface area contributed by atoms with Gasteiger partial charge in [0.1, 0.15) is 6.54 Å². The van der Waals surface area contributed by atoms with Crippen molar-refractivity contribution in [2.24, 2.45) is 0 Å². The number of carboxylic acid groups (broad SMARTS) is 1. The summed E-state index contributed by atoms with van der Waals surface area (Å²) in [7, 11) is -3.47. The molecule has 0 aromatic heterocycles. The molecule has 142 valence electrons. The van der Waals surface area contributed by atoms with E-state index in [9.17, 15) is 18.0 Å². The van der Waals surface area contributed by atoms with Crippen molar-refractivity contribution in [1.29, 1.82) is 0 Å². The normalized spacial score (nSPS) is 14.0. The van der Waals surface area contributed by atoms with Gasteiger partial charge >= 0.3 is 5.97 Å². The number of aryl methyl sites for hydroxylation is 1. The van der Waals surface area contributed by atoms with Gasteiger partial charge in [-0.2, -0.15) is 0 Å². The number of aliphatic carboxylic acids is 1. The van der Waals surface area contributed by atoms with Gasteiger partial charge in [0.25, 0.3) is 5.91 Å². The van der Waals surface area contributed by atoms with Crippen molar-refractivity contribution in [2.45, 2.75) is 36.5 Å². The first kappa shape index (κ1) is 19.1. The van der Waals surface area contributed by atoms with Crippen LogP contribution >= 0.6 is 0 Å². The number of rotatable bonds is 7. The predicted molar refractivity (Wildman–Crippen MR) is 100 cm³/mol. The van der Waals surface area contributed by atoms with Crippen molar-refractivity contribution >= 4 is 21.7 Å². The molecule has 0 unspecified atom stereocenters. The Bertz CT molecular complexity index is 945. The Balaban J connectivity index is 1.74. The van der Waals surface area contributed by atoms with Crippen LogP contribution in [0.25, 0.3) is 0 Å². The third-order valence-corrected chi connectivity index (χ3v) is 6.20. The van der Waals surface area contributed by atoms with Gasteiger partial charge in [-0.15, -0.1) is 0 Å². The number of nitrogens with zero attached hydrogens (tertiary/aromatic N) is 1. The first-order valence-electron chi connectivity index (χ1n) is 8.67. The Labute approximate surface area is 158 Å². The fourth-order valence-electron chi connectivity index (χ4n) is 2.86. The monoisotopic (exact) mass is 387 g/mol. The predicted octanol–water partition coefficient (Wildman–Crippen LogP) is 2.66. The minimum Gasteiger partial charge on any atom is -0.480 e. The van der Waals surface area contributed by atoms with Crippen LogP contribution in [0.2, 0.25) is 0 Å². The molecule has 0 radical (unpaired) electrons. The van der Waals surface area contributed by atoms with Crippen LogP contribution in [0.3, 0.4) is 0 Å². The molecule has 1 N–H and O–H groups in total. The van der Waals surface area contributed by atoms with E-state index in [4.69, 9.17) is 5.11 Å². The van der Waals surface area contributed by atoms with Gasteiger partial charge in [0.05, 0.1) is 10.6 Å². The minimum atomic E-state index is -3.47. The number of carboxylic acids is 1. The SMILES string of the molecule is Cc1ccc(S(=O)(=O)Cc2ccc(C(=O)N(CC(=O)O)C3CC3)cc2)cc1. The Morgan fingerprint density at radius 3 is 2.15 bits per heavy atom. The number of carbonyl (C=O) groups excluding carboxylic acids is 1. The quantitative estimate of drug-likeness (QED) is 0.789. The van der Waals surface area contributed by atoms with Crippen LogP contribution < -0.4 is 0 Å². The molecule has 3 rings (SSSR count). The molecule has 0 bridgehead atoms. The second-order valence-electron chi connectivity index (χ2n) is 6.83. The lowest BCUT2D eigenvalue weighted by Crippen LogP contribution is -2.37. The fraction of sp³-hybridized carbons (Fsp3) is 0.300. The van der Waals surface area contributed by atoms with E-state index >= 15 is 0 Å². The summed E-state index contributed by atoms with van der Waals surface area (Å²) in [5.74, 6) is -1.55. The van der Waals surface area contributed by atoms with Gasteiger partial charge in [-0.25, -0.2) is 8.42 Å². The van der Waals surface area contributed by atoms with Crippen LogP contribution in [0.1, 0.15) is 34.3 Å². The minimum absolute atomic E-state index is 0.0183. The Morgan fingerprint density at radius 1 is 1.04 bits per heavy atom. The number of benzene rings is 2. The van der Waals surface area contributed by atoms with E-state index in [1.165, 1.54) is 4.90 Å². The maximum atomic E-state index is 12.6. The molecule has 2 aromatic carbocycles. The number of hydrogen-bond donors (Lipinski definition) is 1. The standard InChI is InChI=1S/C20H21NO5S/c1-14-2-10-18(11-3-14)27(25,26)13-15-4-6-16(7-5-15)20(24)21(12-19(22)23)17-8-9-17/h2-7,10-11,17H,8-9,12-13H2,1H3,(H,22,23). The fourth-order valence-corrected chi connectivity index (χ4v) is 4.21.